The molecule has 2 aromatic carbocycles. The van der Waals surface area contributed by atoms with Gasteiger partial charge in [-0.05, 0) is 23.3 Å². The molecule has 1 aromatic heterocycles. The molecule has 1 aliphatic heterocycles. The van der Waals surface area contributed by atoms with Gasteiger partial charge >= 0.3 is 5.97 Å². The van der Waals surface area contributed by atoms with Gasteiger partial charge in [-0.25, -0.2) is 4.79 Å². The van der Waals surface area contributed by atoms with Crippen LogP contribution in [0.1, 0.15) is 21.5 Å². The van der Waals surface area contributed by atoms with E-state index in [1.54, 1.807) is 6.07 Å². The lowest BCUT2D eigenvalue weighted by molar-refractivity contribution is -0.115. The SMILES string of the molecule is COC(=O)c1cccc(CN2CCN(c3nnc(NC(=O)Cc4ccccc4)s3)CC2)c1. The van der Waals surface area contributed by atoms with Crippen molar-refractivity contribution in [3.8, 4) is 0 Å². The van der Waals surface area contributed by atoms with E-state index in [9.17, 15) is 9.59 Å². The van der Waals surface area contributed by atoms with Gasteiger partial charge in [0.05, 0.1) is 19.1 Å². The topological polar surface area (TPSA) is 87.7 Å². The zero-order chi connectivity index (χ0) is 22.3. The molecule has 1 fully saturated rings. The Bertz CT molecular complexity index is 1060. The maximum absolute atomic E-state index is 12.2. The Hall–Kier alpha value is -3.30. The third kappa shape index (κ3) is 5.68. The molecule has 2 heterocycles. The molecule has 0 radical (unpaired) electrons. The highest BCUT2D eigenvalue weighted by molar-refractivity contribution is 7.19. The molecule has 0 saturated carbocycles. The highest BCUT2D eigenvalue weighted by atomic mass is 32.1. The Morgan fingerprint density at radius 1 is 1.00 bits per heavy atom. The first-order valence-corrected chi connectivity index (χ1v) is 11.2. The lowest BCUT2D eigenvalue weighted by Gasteiger charge is -2.34. The number of carbonyl (C=O) groups is 2. The van der Waals surface area contributed by atoms with Gasteiger partial charge in [0.2, 0.25) is 16.2 Å². The number of hydrogen-bond donors (Lipinski definition) is 1. The molecule has 1 saturated heterocycles. The van der Waals surface area contributed by atoms with Crippen LogP contribution in [0.3, 0.4) is 0 Å². The number of anilines is 2. The van der Waals surface area contributed by atoms with Crippen LogP contribution in [0.15, 0.2) is 54.6 Å². The molecule has 0 bridgehead atoms. The van der Waals surface area contributed by atoms with Crippen molar-refractivity contribution in [3.63, 3.8) is 0 Å². The molecule has 1 N–H and O–H groups in total. The summed E-state index contributed by atoms with van der Waals surface area (Å²) < 4.78 is 4.80. The van der Waals surface area contributed by atoms with E-state index in [1.165, 1.54) is 18.4 Å². The third-order valence-corrected chi connectivity index (χ3v) is 6.16. The molecule has 4 rings (SSSR count). The van der Waals surface area contributed by atoms with E-state index in [4.69, 9.17) is 4.74 Å². The first-order chi connectivity index (χ1) is 15.6. The Morgan fingerprint density at radius 2 is 1.75 bits per heavy atom. The molecular weight excluding hydrogens is 426 g/mol. The van der Waals surface area contributed by atoms with Crippen LogP contribution in [-0.2, 0) is 22.5 Å². The minimum absolute atomic E-state index is 0.0992. The van der Waals surface area contributed by atoms with E-state index in [0.29, 0.717) is 17.1 Å². The first kappa shape index (κ1) is 21.9. The summed E-state index contributed by atoms with van der Waals surface area (Å²) in [7, 11) is 1.39. The van der Waals surface area contributed by atoms with Crippen LogP contribution in [0.4, 0.5) is 10.3 Å². The van der Waals surface area contributed by atoms with E-state index < -0.39 is 0 Å². The Kier molecular flexibility index (Phi) is 7.08. The quantitative estimate of drug-likeness (QED) is 0.553. The van der Waals surface area contributed by atoms with E-state index in [2.05, 4.69) is 25.3 Å². The number of hydrogen-bond acceptors (Lipinski definition) is 8. The molecule has 0 aliphatic carbocycles. The smallest absolute Gasteiger partial charge is 0.337 e. The number of esters is 1. The van der Waals surface area contributed by atoms with Crippen LogP contribution in [-0.4, -0.2) is 60.3 Å². The maximum Gasteiger partial charge on any atom is 0.337 e. The number of nitrogens with zero attached hydrogens (tertiary/aromatic N) is 4. The molecular formula is C23H25N5O3S. The number of methoxy groups -OCH3 is 1. The number of aromatic nitrogens is 2. The molecule has 32 heavy (non-hydrogen) atoms. The lowest BCUT2D eigenvalue weighted by Crippen LogP contribution is -2.45. The lowest BCUT2D eigenvalue weighted by atomic mass is 10.1. The summed E-state index contributed by atoms with van der Waals surface area (Å²) in [5.41, 5.74) is 2.61. The molecule has 9 heteroatoms. The van der Waals surface area contributed by atoms with E-state index in [0.717, 1.165) is 49.0 Å². The average Bonchev–Trinajstić information content (AvgIpc) is 3.28. The Balaban J connectivity index is 1.27. The van der Waals surface area contributed by atoms with Crippen molar-refractivity contribution >= 4 is 33.5 Å². The summed E-state index contributed by atoms with van der Waals surface area (Å²) in [6, 6.07) is 17.2. The molecule has 0 atom stereocenters. The van der Waals surface area contributed by atoms with Crippen LogP contribution in [0.25, 0.3) is 0 Å². The summed E-state index contributed by atoms with van der Waals surface area (Å²) in [5, 5.41) is 12.6. The number of amides is 1. The highest BCUT2D eigenvalue weighted by Crippen LogP contribution is 2.25. The monoisotopic (exact) mass is 451 g/mol. The first-order valence-electron chi connectivity index (χ1n) is 10.4. The standard InChI is InChI=1S/C23H25N5O3S/c1-31-21(30)19-9-5-8-18(14-19)16-27-10-12-28(13-11-27)23-26-25-22(32-23)24-20(29)15-17-6-3-2-4-7-17/h2-9,14H,10-13,15-16H2,1H3,(H,24,25,29). The van der Waals surface area contributed by atoms with Gasteiger partial charge < -0.3 is 15.0 Å². The van der Waals surface area contributed by atoms with Crippen molar-refractivity contribution in [3.05, 3.63) is 71.3 Å². The Morgan fingerprint density at radius 3 is 2.50 bits per heavy atom. The molecule has 0 spiro atoms. The van der Waals surface area contributed by atoms with E-state index >= 15 is 0 Å². The van der Waals surface area contributed by atoms with Crippen molar-refractivity contribution in [2.75, 3.05) is 43.5 Å². The summed E-state index contributed by atoms with van der Waals surface area (Å²) in [5.74, 6) is -0.419. The van der Waals surface area contributed by atoms with Crippen LogP contribution in [0.2, 0.25) is 0 Å². The van der Waals surface area contributed by atoms with Gasteiger partial charge in [0.1, 0.15) is 0 Å². The Labute approximate surface area is 190 Å². The van der Waals surface area contributed by atoms with Crippen molar-refractivity contribution in [1.82, 2.24) is 15.1 Å². The fourth-order valence-electron chi connectivity index (χ4n) is 3.61. The second-order valence-electron chi connectivity index (χ2n) is 7.56. The number of carbonyl (C=O) groups excluding carboxylic acids is 2. The van der Waals surface area contributed by atoms with Gasteiger partial charge in [-0.1, -0.05) is 53.8 Å². The number of ether oxygens (including phenoxy) is 1. The van der Waals surface area contributed by atoms with Crippen molar-refractivity contribution < 1.29 is 14.3 Å². The molecule has 3 aromatic rings. The van der Waals surface area contributed by atoms with Crippen LogP contribution in [0, 0.1) is 0 Å². The zero-order valence-corrected chi connectivity index (χ0v) is 18.7. The van der Waals surface area contributed by atoms with Gasteiger partial charge in [-0.15, -0.1) is 10.2 Å². The fraction of sp³-hybridized carbons (Fsp3) is 0.304. The van der Waals surface area contributed by atoms with E-state index in [-0.39, 0.29) is 11.9 Å². The van der Waals surface area contributed by atoms with Gasteiger partial charge in [0, 0.05) is 32.7 Å². The van der Waals surface area contributed by atoms with Gasteiger partial charge in [-0.2, -0.15) is 0 Å². The average molecular weight is 452 g/mol. The molecule has 8 nitrogen and oxygen atoms in total. The molecule has 166 valence electrons. The van der Waals surface area contributed by atoms with Crippen molar-refractivity contribution in [2.24, 2.45) is 0 Å². The van der Waals surface area contributed by atoms with Crippen LogP contribution < -0.4 is 10.2 Å². The molecule has 1 amide bonds. The van der Waals surface area contributed by atoms with Crippen molar-refractivity contribution in [2.45, 2.75) is 13.0 Å². The minimum atomic E-state index is -0.320. The second-order valence-corrected chi connectivity index (χ2v) is 8.51. The van der Waals surface area contributed by atoms with Crippen LogP contribution >= 0.6 is 11.3 Å². The summed E-state index contributed by atoms with van der Waals surface area (Å²) in [6.07, 6.45) is 0.311. The zero-order valence-electron chi connectivity index (χ0n) is 17.9. The summed E-state index contributed by atoms with van der Waals surface area (Å²) >= 11 is 1.39. The normalized spacial score (nSPS) is 14.2. The van der Waals surface area contributed by atoms with Gasteiger partial charge in [-0.3, -0.25) is 9.69 Å². The third-order valence-electron chi connectivity index (χ3n) is 5.27. The number of nitrogens with one attached hydrogen (secondary N) is 1. The second kappa shape index (κ2) is 10.3. The summed E-state index contributed by atoms with van der Waals surface area (Å²) in [6.45, 7) is 4.16. The predicted octanol–water partition coefficient (Wildman–Crippen LogP) is 2.83. The number of piperazine rings is 1. The van der Waals surface area contributed by atoms with Gasteiger partial charge in [0.15, 0.2) is 0 Å². The maximum atomic E-state index is 12.2. The fourth-order valence-corrected chi connectivity index (χ4v) is 4.42. The number of rotatable bonds is 7. The number of benzene rings is 2. The highest BCUT2D eigenvalue weighted by Gasteiger charge is 2.21. The minimum Gasteiger partial charge on any atom is -0.465 e. The largest absolute Gasteiger partial charge is 0.465 e. The molecule has 0 unspecified atom stereocenters. The predicted molar refractivity (Wildman–Crippen MR) is 124 cm³/mol. The molecule has 1 aliphatic rings. The van der Waals surface area contributed by atoms with Gasteiger partial charge in [0.25, 0.3) is 0 Å². The van der Waals surface area contributed by atoms with E-state index in [1.807, 2.05) is 48.5 Å². The summed E-state index contributed by atoms with van der Waals surface area (Å²) in [4.78, 5) is 28.5. The van der Waals surface area contributed by atoms with Crippen LogP contribution in [0.5, 0.6) is 0 Å². The van der Waals surface area contributed by atoms with Crippen molar-refractivity contribution in [1.29, 1.82) is 0 Å².